The molecular formula is C14H16ClN3O2. The lowest BCUT2D eigenvalue weighted by molar-refractivity contribution is -0.115. The van der Waals surface area contributed by atoms with Gasteiger partial charge >= 0.3 is 0 Å². The lowest BCUT2D eigenvalue weighted by Crippen LogP contribution is -2.15. The molecule has 0 saturated carbocycles. The molecule has 0 fully saturated rings. The van der Waals surface area contributed by atoms with Gasteiger partial charge in [-0.3, -0.25) is 9.48 Å². The van der Waals surface area contributed by atoms with Gasteiger partial charge in [0, 0.05) is 18.3 Å². The number of hydrogen-bond acceptors (Lipinski definition) is 3. The molecule has 0 atom stereocenters. The highest BCUT2D eigenvalue weighted by molar-refractivity contribution is 6.30. The van der Waals surface area contributed by atoms with Crippen LogP contribution in [-0.4, -0.2) is 20.8 Å². The Morgan fingerprint density at radius 1 is 1.50 bits per heavy atom. The molecule has 0 spiro atoms. The van der Waals surface area contributed by atoms with E-state index < -0.39 is 0 Å². The third-order valence-corrected chi connectivity index (χ3v) is 3.47. The van der Waals surface area contributed by atoms with Crippen molar-refractivity contribution in [3.63, 3.8) is 0 Å². The van der Waals surface area contributed by atoms with E-state index in [4.69, 9.17) is 16.7 Å². The predicted octanol–water partition coefficient (Wildman–Crippen LogP) is 2.06. The van der Waals surface area contributed by atoms with Crippen molar-refractivity contribution in [1.29, 1.82) is 0 Å². The van der Waals surface area contributed by atoms with Crippen molar-refractivity contribution in [2.24, 2.45) is 7.05 Å². The summed E-state index contributed by atoms with van der Waals surface area (Å²) in [7, 11) is 1.74. The number of amides is 1. The first kappa shape index (κ1) is 14.6. The van der Waals surface area contributed by atoms with Gasteiger partial charge in [-0.2, -0.15) is 5.10 Å². The number of nitrogens with one attached hydrogen (secondary N) is 1. The Morgan fingerprint density at radius 2 is 2.25 bits per heavy atom. The molecule has 1 aromatic carbocycles. The van der Waals surface area contributed by atoms with E-state index in [0.29, 0.717) is 10.8 Å². The first-order chi connectivity index (χ1) is 9.51. The topological polar surface area (TPSA) is 67.2 Å². The Hall–Kier alpha value is -1.85. The molecule has 1 amide bonds. The van der Waals surface area contributed by atoms with Gasteiger partial charge < -0.3 is 10.4 Å². The van der Waals surface area contributed by atoms with E-state index in [2.05, 4.69) is 10.4 Å². The Kier molecular flexibility index (Phi) is 4.42. The maximum Gasteiger partial charge on any atom is 0.228 e. The number of rotatable bonds is 4. The molecule has 20 heavy (non-hydrogen) atoms. The quantitative estimate of drug-likeness (QED) is 0.907. The molecule has 0 aliphatic rings. The number of halogens is 1. The second-order valence-corrected chi connectivity index (χ2v) is 4.92. The molecule has 2 aromatic rings. The number of benzene rings is 1. The van der Waals surface area contributed by atoms with Gasteiger partial charge in [0.05, 0.1) is 18.7 Å². The van der Waals surface area contributed by atoms with Gasteiger partial charge in [0.1, 0.15) is 5.15 Å². The number of hydrogen-bond donors (Lipinski definition) is 2. The molecule has 0 radical (unpaired) electrons. The molecule has 2 N–H and O–H groups in total. The lowest BCUT2D eigenvalue weighted by atomic mass is 10.1. The number of anilines is 1. The summed E-state index contributed by atoms with van der Waals surface area (Å²) in [6, 6.07) is 7.08. The zero-order valence-corrected chi connectivity index (χ0v) is 12.1. The van der Waals surface area contributed by atoms with E-state index in [-0.39, 0.29) is 18.9 Å². The van der Waals surface area contributed by atoms with Crippen molar-refractivity contribution in [3.8, 4) is 0 Å². The van der Waals surface area contributed by atoms with Crippen LogP contribution < -0.4 is 5.32 Å². The van der Waals surface area contributed by atoms with Gasteiger partial charge in [-0.05, 0) is 24.6 Å². The van der Waals surface area contributed by atoms with Crippen molar-refractivity contribution >= 4 is 23.2 Å². The first-order valence-corrected chi connectivity index (χ1v) is 6.56. The summed E-state index contributed by atoms with van der Waals surface area (Å²) in [5.41, 5.74) is 2.87. The van der Waals surface area contributed by atoms with Gasteiger partial charge in [0.2, 0.25) is 5.91 Å². The fraction of sp³-hybridized carbons (Fsp3) is 0.286. The second kappa shape index (κ2) is 6.07. The Morgan fingerprint density at radius 3 is 2.85 bits per heavy atom. The Bertz CT molecular complexity index is 637. The van der Waals surface area contributed by atoms with Crippen molar-refractivity contribution in [1.82, 2.24) is 9.78 Å². The van der Waals surface area contributed by atoms with Gasteiger partial charge in [-0.25, -0.2) is 0 Å². The molecule has 5 nitrogen and oxygen atoms in total. The van der Waals surface area contributed by atoms with Crippen LogP contribution in [0.25, 0.3) is 0 Å². The van der Waals surface area contributed by atoms with Crippen LogP contribution >= 0.6 is 11.6 Å². The zero-order valence-electron chi connectivity index (χ0n) is 11.4. The molecule has 6 heteroatoms. The summed E-state index contributed by atoms with van der Waals surface area (Å²) in [5.74, 6) is -0.168. The van der Waals surface area contributed by atoms with Crippen LogP contribution in [0.15, 0.2) is 24.3 Å². The molecular weight excluding hydrogens is 278 g/mol. The summed E-state index contributed by atoms with van der Waals surface area (Å²) >= 11 is 6.10. The van der Waals surface area contributed by atoms with Crippen LogP contribution in [0.1, 0.15) is 16.8 Å². The minimum atomic E-state index is -0.168. The summed E-state index contributed by atoms with van der Waals surface area (Å²) < 4.78 is 1.55. The van der Waals surface area contributed by atoms with E-state index in [1.54, 1.807) is 36.0 Å². The molecule has 0 aliphatic carbocycles. The van der Waals surface area contributed by atoms with Crippen LogP contribution in [-0.2, 0) is 24.9 Å². The van der Waals surface area contributed by atoms with Crippen molar-refractivity contribution < 1.29 is 9.90 Å². The minimum absolute atomic E-state index is 0.0583. The normalized spacial score (nSPS) is 10.6. The number of carbonyl (C=O) groups is 1. The largest absolute Gasteiger partial charge is 0.392 e. The maximum atomic E-state index is 12.0. The average molecular weight is 294 g/mol. The van der Waals surface area contributed by atoms with Crippen LogP contribution in [0.2, 0.25) is 5.15 Å². The standard InChI is InChI=1S/C14H16ClN3O2/c1-9-12(14(15)18(2)17-9)7-13(20)16-11-5-3-4-10(6-11)8-19/h3-6,19H,7-8H2,1-2H3,(H,16,20). The molecule has 2 rings (SSSR count). The fourth-order valence-corrected chi connectivity index (χ4v) is 2.23. The number of aromatic nitrogens is 2. The second-order valence-electron chi connectivity index (χ2n) is 4.56. The molecule has 0 unspecified atom stereocenters. The van der Waals surface area contributed by atoms with Crippen molar-refractivity contribution in [2.75, 3.05) is 5.32 Å². The Labute approximate surface area is 122 Å². The summed E-state index contributed by atoms with van der Waals surface area (Å²) in [5, 5.41) is 16.5. The third-order valence-electron chi connectivity index (χ3n) is 3.00. The van der Waals surface area contributed by atoms with Crippen LogP contribution in [0.3, 0.4) is 0 Å². The number of carbonyl (C=O) groups excluding carboxylic acids is 1. The van der Waals surface area contributed by atoms with Crippen LogP contribution in [0.4, 0.5) is 5.69 Å². The highest BCUT2D eigenvalue weighted by atomic mass is 35.5. The van der Waals surface area contributed by atoms with E-state index in [1.807, 2.05) is 6.92 Å². The van der Waals surface area contributed by atoms with Crippen LogP contribution in [0, 0.1) is 6.92 Å². The fourth-order valence-electron chi connectivity index (χ4n) is 1.99. The van der Waals surface area contributed by atoms with Gasteiger partial charge in [0.25, 0.3) is 0 Å². The maximum absolute atomic E-state index is 12.0. The van der Waals surface area contributed by atoms with Gasteiger partial charge in [-0.1, -0.05) is 23.7 Å². The zero-order chi connectivity index (χ0) is 14.7. The average Bonchev–Trinajstić information content (AvgIpc) is 2.65. The molecule has 1 aromatic heterocycles. The molecule has 0 bridgehead atoms. The first-order valence-electron chi connectivity index (χ1n) is 6.19. The monoisotopic (exact) mass is 293 g/mol. The van der Waals surface area contributed by atoms with E-state index >= 15 is 0 Å². The van der Waals surface area contributed by atoms with E-state index in [0.717, 1.165) is 16.8 Å². The van der Waals surface area contributed by atoms with E-state index in [1.165, 1.54) is 0 Å². The molecule has 1 heterocycles. The number of aliphatic hydroxyl groups is 1. The lowest BCUT2D eigenvalue weighted by Gasteiger charge is -2.06. The summed E-state index contributed by atoms with van der Waals surface area (Å²) in [6.07, 6.45) is 0.169. The summed E-state index contributed by atoms with van der Waals surface area (Å²) in [6.45, 7) is 1.76. The van der Waals surface area contributed by atoms with Crippen molar-refractivity contribution in [2.45, 2.75) is 20.0 Å². The predicted molar refractivity (Wildman–Crippen MR) is 77.7 cm³/mol. The highest BCUT2D eigenvalue weighted by Gasteiger charge is 2.15. The van der Waals surface area contributed by atoms with Gasteiger partial charge in [0.15, 0.2) is 0 Å². The SMILES string of the molecule is Cc1nn(C)c(Cl)c1CC(=O)Nc1cccc(CO)c1. The molecule has 106 valence electrons. The number of aliphatic hydroxyl groups excluding tert-OH is 1. The minimum Gasteiger partial charge on any atom is -0.392 e. The molecule has 0 saturated heterocycles. The Balaban J connectivity index is 2.09. The highest BCUT2D eigenvalue weighted by Crippen LogP contribution is 2.20. The van der Waals surface area contributed by atoms with Gasteiger partial charge in [-0.15, -0.1) is 0 Å². The molecule has 0 aliphatic heterocycles. The third kappa shape index (κ3) is 3.18. The van der Waals surface area contributed by atoms with Crippen molar-refractivity contribution in [3.05, 3.63) is 46.2 Å². The van der Waals surface area contributed by atoms with E-state index in [9.17, 15) is 4.79 Å². The number of aryl methyl sites for hydroxylation is 2. The summed E-state index contributed by atoms with van der Waals surface area (Å²) in [4.78, 5) is 12.0. The smallest absolute Gasteiger partial charge is 0.228 e. The van der Waals surface area contributed by atoms with Crippen LogP contribution in [0.5, 0.6) is 0 Å². The number of nitrogens with zero attached hydrogens (tertiary/aromatic N) is 2.